The number of rotatable bonds is 10. The average Bonchev–Trinajstić information content (AvgIpc) is 2.92. The molecule has 3 rings (SSSR count). The van der Waals surface area contributed by atoms with Gasteiger partial charge < -0.3 is 29.0 Å². The summed E-state index contributed by atoms with van der Waals surface area (Å²) in [6.45, 7) is 4.24. The fourth-order valence-corrected chi connectivity index (χ4v) is 4.83. The first-order valence-corrected chi connectivity index (χ1v) is 12.9. The molecule has 1 saturated heterocycles. The topological polar surface area (TPSA) is 207 Å². The maximum atomic E-state index is 12.3. The molecule has 1 aromatic carbocycles. The lowest BCUT2D eigenvalue weighted by molar-refractivity contribution is -0.255. The minimum Gasteiger partial charge on any atom is -0.458 e. The molecular formula is C25H33N7O8. The molecular weight excluding hydrogens is 526 g/mol. The number of alkyl carbamates (subject to hydrolysis) is 1. The molecule has 1 heterocycles. The van der Waals surface area contributed by atoms with Crippen molar-refractivity contribution in [3.05, 3.63) is 56.8 Å². The lowest BCUT2D eigenvalue weighted by Gasteiger charge is -2.44. The first kappa shape index (κ1) is 30.5. The second-order valence-electron chi connectivity index (χ2n) is 9.56. The van der Waals surface area contributed by atoms with Gasteiger partial charge in [-0.25, -0.2) is 4.79 Å². The number of carbonyl (C=O) groups excluding carboxylic acids is 3. The Morgan fingerprint density at radius 1 is 1.00 bits per heavy atom. The van der Waals surface area contributed by atoms with Crippen LogP contribution < -0.4 is 5.32 Å². The second kappa shape index (κ2) is 14.9. The minimum atomic E-state index is -1.24. The molecule has 1 aliphatic heterocycles. The largest absolute Gasteiger partial charge is 0.458 e. The standard InChI is InChI=1S/C25H33N7O8/c1-14(28-25(35)36-13-17-8-5-4-6-9-17)20-10-7-11-21(39-20)40-23-19(30-32-27)12-18(29-31-26)22(37-15(2)33)24(23)38-16(3)34/h4-6,8-9,14,18-24H,7,10-13H2,1-3H3,(H,28,35)/t14-,18?,19?,20+,21-,22+,23-,24-/m1/s1. The van der Waals surface area contributed by atoms with Crippen LogP contribution in [0.1, 0.15) is 52.0 Å². The first-order valence-electron chi connectivity index (χ1n) is 12.9. The van der Waals surface area contributed by atoms with Crippen molar-refractivity contribution < 1.29 is 38.1 Å². The molecule has 2 aliphatic rings. The van der Waals surface area contributed by atoms with Crippen LogP contribution in [0, 0.1) is 0 Å². The Hall–Kier alpha value is -4.03. The number of hydrogen-bond donors (Lipinski definition) is 1. The van der Waals surface area contributed by atoms with Crippen LogP contribution in [0.3, 0.4) is 0 Å². The van der Waals surface area contributed by atoms with Crippen molar-refractivity contribution >= 4 is 18.0 Å². The molecule has 0 spiro atoms. The molecule has 0 aromatic heterocycles. The number of benzene rings is 1. The van der Waals surface area contributed by atoms with Gasteiger partial charge in [0.05, 0.1) is 24.2 Å². The molecule has 0 bridgehead atoms. The van der Waals surface area contributed by atoms with Crippen LogP contribution in [0.4, 0.5) is 4.79 Å². The van der Waals surface area contributed by atoms with Gasteiger partial charge in [0.2, 0.25) is 0 Å². The predicted molar refractivity (Wildman–Crippen MR) is 138 cm³/mol. The van der Waals surface area contributed by atoms with E-state index in [0.717, 1.165) is 5.56 Å². The Labute approximate surface area is 230 Å². The van der Waals surface area contributed by atoms with Crippen molar-refractivity contribution in [1.29, 1.82) is 0 Å². The Morgan fingerprint density at radius 2 is 1.62 bits per heavy atom. The van der Waals surface area contributed by atoms with E-state index in [1.165, 1.54) is 13.8 Å². The van der Waals surface area contributed by atoms with E-state index in [-0.39, 0.29) is 13.0 Å². The summed E-state index contributed by atoms with van der Waals surface area (Å²) in [5, 5.41) is 10.2. The Kier molecular flexibility index (Phi) is 11.4. The monoisotopic (exact) mass is 559 g/mol. The van der Waals surface area contributed by atoms with Crippen molar-refractivity contribution in [3.8, 4) is 0 Å². The maximum absolute atomic E-state index is 12.3. The highest BCUT2D eigenvalue weighted by Crippen LogP contribution is 2.34. The summed E-state index contributed by atoms with van der Waals surface area (Å²) in [5.41, 5.74) is 19.1. The zero-order valence-corrected chi connectivity index (χ0v) is 22.5. The van der Waals surface area contributed by atoms with Crippen LogP contribution in [-0.4, -0.2) is 66.9 Å². The summed E-state index contributed by atoms with van der Waals surface area (Å²) in [7, 11) is 0. The quantitative estimate of drug-likeness (QED) is 0.144. The number of ether oxygens (including phenoxy) is 5. The van der Waals surface area contributed by atoms with E-state index in [4.69, 9.17) is 29.2 Å². The normalized spacial score (nSPS) is 28.5. The smallest absolute Gasteiger partial charge is 0.407 e. The van der Waals surface area contributed by atoms with Gasteiger partial charge in [-0.3, -0.25) is 9.59 Å². The van der Waals surface area contributed by atoms with Gasteiger partial charge in [0.25, 0.3) is 0 Å². The fourth-order valence-electron chi connectivity index (χ4n) is 4.83. The summed E-state index contributed by atoms with van der Waals surface area (Å²) in [4.78, 5) is 41.8. The molecule has 0 radical (unpaired) electrons. The molecule has 1 amide bonds. The van der Waals surface area contributed by atoms with Crippen LogP contribution in [0.25, 0.3) is 20.9 Å². The van der Waals surface area contributed by atoms with Gasteiger partial charge in [-0.2, -0.15) is 0 Å². The van der Waals surface area contributed by atoms with E-state index in [1.807, 2.05) is 30.3 Å². The third-order valence-corrected chi connectivity index (χ3v) is 6.57. The molecule has 1 aliphatic carbocycles. The lowest BCUT2D eigenvalue weighted by Crippen LogP contribution is -2.59. The molecule has 40 heavy (non-hydrogen) atoms. The molecule has 8 atom stereocenters. The Balaban J connectivity index is 1.71. The van der Waals surface area contributed by atoms with Gasteiger partial charge in [-0.1, -0.05) is 40.6 Å². The summed E-state index contributed by atoms with van der Waals surface area (Å²) >= 11 is 0. The average molecular weight is 560 g/mol. The Bertz CT molecular complexity index is 1130. The lowest BCUT2D eigenvalue weighted by atomic mass is 9.84. The molecule has 15 nitrogen and oxygen atoms in total. The van der Waals surface area contributed by atoms with E-state index < -0.39 is 66.9 Å². The van der Waals surface area contributed by atoms with E-state index in [9.17, 15) is 19.9 Å². The minimum absolute atomic E-state index is 0.0180. The molecule has 2 fully saturated rings. The van der Waals surface area contributed by atoms with Gasteiger partial charge in [-0.15, -0.1) is 0 Å². The van der Waals surface area contributed by atoms with Crippen molar-refractivity contribution in [2.45, 2.75) is 102 Å². The van der Waals surface area contributed by atoms with Gasteiger partial charge in [-0.05, 0) is 49.2 Å². The highest BCUT2D eigenvalue weighted by atomic mass is 16.7. The van der Waals surface area contributed by atoms with Crippen molar-refractivity contribution in [2.75, 3.05) is 0 Å². The molecule has 1 N–H and O–H groups in total. The summed E-state index contributed by atoms with van der Waals surface area (Å²) < 4.78 is 28.5. The predicted octanol–water partition coefficient (Wildman–Crippen LogP) is 4.21. The van der Waals surface area contributed by atoms with Crippen molar-refractivity contribution in [2.24, 2.45) is 10.2 Å². The van der Waals surface area contributed by atoms with Crippen LogP contribution in [-0.2, 0) is 39.9 Å². The number of amides is 1. The van der Waals surface area contributed by atoms with Gasteiger partial charge in [0.15, 0.2) is 12.4 Å². The molecule has 2 unspecified atom stereocenters. The highest BCUT2D eigenvalue weighted by Gasteiger charge is 2.50. The third kappa shape index (κ3) is 8.75. The Morgan fingerprint density at radius 3 is 2.25 bits per heavy atom. The van der Waals surface area contributed by atoms with Crippen molar-refractivity contribution in [3.63, 3.8) is 0 Å². The SMILES string of the molecule is CC(=O)O[C@H]1[C@H](O[C@@H]2CCC[C@@H]([C@@H](C)NC(=O)OCc3ccccc3)O2)C(N=[N+]=[N-])CC(N=[N+]=[N-])[C@@H]1OC(C)=O. The molecule has 15 heteroatoms. The van der Waals surface area contributed by atoms with Gasteiger partial charge in [0.1, 0.15) is 18.8 Å². The van der Waals surface area contributed by atoms with Gasteiger partial charge >= 0.3 is 18.0 Å². The number of esters is 2. The molecule has 1 saturated carbocycles. The first-order chi connectivity index (χ1) is 19.2. The van der Waals surface area contributed by atoms with Gasteiger partial charge in [0, 0.05) is 23.7 Å². The third-order valence-electron chi connectivity index (χ3n) is 6.57. The van der Waals surface area contributed by atoms with E-state index in [1.54, 1.807) is 6.92 Å². The number of nitrogens with zero attached hydrogens (tertiary/aromatic N) is 6. The number of hydrogen-bond acceptors (Lipinski definition) is 10. The number of nitrogens with one attached hydrogen (secondary N) is 1. The van der Waals surface area contributed by atoms with Crippen LogP contribution in [0.15, 0.2) is 40.6 Å². The summed E-state index contributed by atoms with van der Waals surface area (Å²) in [6, 6.07) is 6.95. The molecule has 1 aromatic rings. The highest BCUT2D eigenvalue weighted by molar-refractivity contribution is 5.68. The van der Waals surface area contributed by atoms with E-state index in [0.29, 0.717) is 19.3 Å². The summed E-state index contributed by atoms with van der Waals surface area (Å²) in [6.07, 6.45) is -3.57. The molecule has 216 valence electrons. The summed E-state index contributed by atoms with van der Waals surface area (Å²) in [5.74, 6) is -1.39. The zero-order valence-electron chi connectivity index (χ0n) is 22.5. The number of carbonyl (C=O) groups is 3. The second-order valence-corrected chi connectivity index (χ2v) is 9.56. The van der Waals surface area contributed by atoms with Crippen LogP contribution >= 0.6 is 0 Å². The maximum Gasteiger partial charge on any atom is 0.407 e. The fraction of sp³-hybridized carbons (Fsp3) is 0.640. The van der Waals surface area contributed by atoms with Crippen molar-refractivity contribution in [1.82, 2.24) is 5.32 Å². The van der Waals surface area contributed by atoms with Crippen LogP contribution in [0.5, 0.6) is 0 Å². The number of azide groups is 2. The van der Waals surface area contributed by atoms with Crippen LogP contribution in [0.2, 0.25) is 0 Å². The zero-order chi connectivity index (χ0) is 29.1. The van der Waals surface area contributed by atoms with E-state index in [2.05, 4.69) is 25.4 Å². The van der Waals surface area contributed by atoms with E-state index >= 15 is 0 Å².